The molecule has 1 N–H and O–H groups in total. The molecule has 0 spiro atoms. The van der Waals surface area contributed by atoms with Crippen molar-refractivity contribution in [3.05, 3.63) is 41.3 Å². The highest BCUT2D eigenvalue weighted by molar-refractivity contribution is 5.96. The van der Waals surface area contributed by atoms with Crippen LogP contribution in [0.2, 0.25) is 0 Å². The molecule has 0 radical (unpaired) electrons. The maximum atomic E-state index is 12.8. The topological polar surface area (TPSA) is 64.6 Å². The van der Waals surface area contributed by atoms with Crippen molar-refractivity contribution < 1.29 is 23.5 Å². The molecule has 0 atom stereocenters. The van der Waals surface area contributed by atoms with E-state index in [9.17, 15) is 14.0 Å². The molecule has 1 aromatic carbocycles. The van der Waals surface area contributed by atoms with Crippen molar-refractivity contribution in [2.45, 2.75) is 26.4 Å². The van der Waals surface area contributed by atoms with Crippen LogP contribution in [0.25, 0.3) is 6.08 Å². The molecule has 5 nitrogen and oxygen atoms in total. The van der Waals surface area contributed by atoms with Crippen LogP contribution in [-0.2, 0) is 14.3 Å². The number of rotatable bonds is 3. The van der Waals surface area contributed by atoms with Crippen molar-refractivity contribution in [1.82, 2.24) is 5.32 Å². The molecule has 0 saturated carbocycles. The summed E-state index contributed by atoms with van der Waals surface area (Å²) in [7, 11) is 1.19. The molecule has 0 aliphatic rings. The van der Waals surface area contributed by atoms with E-state index in [0.717, 1.165) is 0 Å². The van der Waals surface area contributed by atoms with Crippen LogP contribution in [0.3, 0.4) is 0 Å². The molecule has 0 heterocycles. The van der Waals surface area contributed by atoms with Crippen molar-refractivity contribution in [3.8, 4) is 0 Å². The number of benzene rings is 1. The third-order valence-corrected chi connectivity index (χ3v) is 2.22. The quantitative estimate of drug-likeness (QED) is 0.688. The summed E-state index contributed by atoms with van der Waals surface area (Å²) in [5, 5.41) is 2.32. The highest BCUT2D eigenvalue weighted by Crippen LogP contribution is 2.10. The van der Waals surface area contributed by atoms with Gasteiger partial charge in [-0.1, -0.05) is 12.1 Å². The van der Waals surface area contributed by atoms with Gasteiger partial charge in [-0.25, -0.2) is 14.0 Å². The van der Waals surface area contributed by atoms with E-state index in [-0.39, 0.29) is 5.70 Å². The lowest BCUT2D eigenvalue weighted by Gasteiger charge is -2.20. The third kappa shape index (κ3) is 6.07. The van der Waals surface area contributed by atoms with Crippen LogP contribution in [0.4, 0.5) is 9.18 Å². The minimum atomic E-state index is -0.777. The summed E-state index contributed by atoms with van der Waals surface area (Å²) in [5.41, 5.74) is -0.257. The summed E-state index contributed by atoms with van der Waals surface area (Å²) >= 11 is 0. The Hall–Kier alpha value is -2.37. The molecule has 0 bridgehead atoms. The molecule has 0 aromatic heterocycles. The fourth-order valence-corrected chi connectivity index (χ4v) is 1.40. The van der Waals surface area contributed by atoms with Gasteiger partial charge in [0.2, 0.25) is 0 Å². The number of ether oxygens (including phenoxy) is 2. The van der Waals surface area contributed by atoms with E-state index in [1.807, 2.05) is 0 Å². The van der Waals surface area contributed by atoms with Crippen LogP contribution in [0.5, 0.6) is 0 Å². The fourth-order valence-electron chi connectivity index (χ4n) is 1.40. The first-order valence-corrected chi connectivity index (χ1v) is 6.27. The van der Waals surface area contributed by atoms with Gasteiger partial charge >= 0.3 is 12.1 Å². The Morgan fingerprint density at radius 1 is 1.19 bits per heavy atom. The average Bonchev–Trinajstić information content (AvgIpc) is 2.37. The number of nitrogens with one attached hydrogen (secondary N) is 1. The Balaban J connectivity index is 2.93. The van der Waals surface area contributed by atoms with Crippen LogP contribution in [0, 0.1) is 5.82 Å². The first kappa shape index (κ1) is 16.7. The Kier molecular flexibility index (Phi) is 5.46. The number of methoxy groups -OCH3 is 1. The van der Waals surface area contributed by atoms with E-state index >= 15 is 0 Å². The van der Waals surface area contributed by atoms with E-state index in [1.54, 1.807) is 20.8 Å². The predicted molar refractivity (Wildman–Crippen MR) is 75.8 cm³/mol. The number of carbonyl (C=O) groups is 2. The Morgan fingerprint density at radius 2 is 1.76 bits per heavy atom. The minimum absolute atomic E-state index is 0.0987. The lowest BCUT2D eigenvalue weighted by atomic mass is 10.2. The molecule has 1 amide bonds. The maximum Gasteiger partial charge on any atom is 0.412 e. The van der Waals surface area contributed by atoms with E-state index in [0.29, 0.717) is 5.56 Å². The molecule has 1 aromatic rings. The average molecular weight is 295 g/mol. The Bertz CT molecular complexity index is 544. The SMILES string of the molecule is COC(=O)/C(=C\c1ccc(F)cc1)NC(=O)OC(C)(C)C. The smallest absolute Gasteiger partial charge is 0.412 e. The van der Waals surface area contributed by atoms with Gasteiger partial charge in [-0.05, 0) is 44.5 Å². The van der Waals surface area contributed by atoms with Crippen LogP contribution in [0.15, 0.2) is 30.0 Å². The second kappa shape index (κ2) is 6.88. The van der Waals surface area contributed by atoms with Crippen molar-refractivity contribution >= 4 is 18.1 Å². The highest BCUT2D eigenvalue weighted by Gasteiger charge is 2.20. The summed E-state index contributed by atoms with van der Waals surface area (Å²) in [6, 6.07) is 5.42. The Labute approximate surface area is 122 Å². The molecule has 1 rings (SSSR count). The molecule has 0 fully saturated rings. The zero-order valence-electron chi connectivity index (χ0n) is 12.4. The number of esters is 1. The summed E-state index contributed by atoms with van der Waals surface area (Å²) < 4.78 is 22.5. The maximum absolute atomic E-state index is 12.8. The first-order chi connectivity index (χ1) is 9.71. The van der Waals surface area contributed by atoms with Gasteiger partial charge in [-0.15, -0.1) is 0 Å². The van der Waals surface area contributed by atoms with Gasteiger partial charge in [0.25, 0.3) is 0 Å². The van der Waals surface area contributed by atoms with Gasteiger partial charge in [0.1, 0.15) is 17.1 Å². The van der Waals surface area contributed by atoms with Gasteiger partial charge in [0, 0.05) is 0 Å². The lowest BCUT2D eigenvalue weighted by Crippen LogP contribution is -2.34. The van der Waals surface area contributed by atoms with Crippen LogP contribution in [0.1, 0.15) is 26.3 Å². The highest BCUT2D eigenvalue weighted by atomic mass is 19.1. The molecule has 114 valence electrons. The summed E-state index contributed by atoms with van der Waals surface area (Å²) in [5.74, 6) is -1.13. The van der Waals surface area contributed by atoms with Gasteiger partial charge in [0.15, 0.2) is 0 Å². The second-order valence-electron chi connectivity index (χ2n) is 5.23. The lowest BCUT2D eigenvalue weighted by molar-refractivity contribution is -0.136. The fraction of sp³-hybridized carbons (Fsp3) is 0.333. The first-order valence-electron chi connectivity index (χ1n) is 6.27. The van der Waals surface area contributed by atoms with Crippen molar-refractivity contribution in [2.24, 2.45) is 0 Å². The summed E-state index contributed by atoms with van der Waals surface area (Å²) in [4.78, 5) is 23.3. The monoisotopic (exact) mass is 295 g/mol. The Morgan fingerprint density at radius 3 is 2.24 bits per heavy atom. The molecular weight excluding hydrogens is 277 g/mol. The summed E-state index contributed by atoms with van der Waals surface area (Å²) in [6.45, 7) is 5.11. The molecule has 0 saturated heterocycles. The third-order valence-electron chi connectivity index (χ3n) is 2.22. The number of halogens is 1. The second-order valence-corrected chi connectivity index (χ2v) is 5.23. The van der Waals surface area contributed by atoms with Crippen molar-refractivity contribution in [3.63, 3.8) is 0 Å². The number of carbonyl (C=O) groups excluding carboxylic acids is 2. The number of hydrogen-bond donors (Lipinski definition) is 1. The molecule has 21 heavy (non-hydrogen) atoms. The van der Waals surface area contributed by atoms with Crippen LogP contribution >= 0.6 is 0 Å². The number of hydrogen-bond acceptors (Lipinski definition) is 4. The molecule has 0 aliphatic carbocycles. The van der Waals surface area contributed by atoms with Gasteiger partial charge < -0.3 is 9.47 Å². The largest absolute Gasteiger partial charge is 0.464 e. The standard InChI is InChI=1S/C15H18FNO4/c1-15(2,3)21-14(19)17-12(13(18)20-4)9-10-5-7-11(16)8-6-10/h5-9H,1-4H3,(H,17,19)/b12-9+. The number of alkyl carbamates (subject to hydrolysis) is 1. The normalized spacial score (nSPS) is 11.8. The molecule has 6 heteroatoms. The molecule has 0 unspecified atom stereocenters. The van der Waals surface area contributed by atoms with Crippen molar-refractivity contribution in [2.75, 3.05) is 7.11 Å². The molecule has 0 aliphatic heterocycles. The van der Waals surface area contributed by atoms with Gasteiger partial charge in [-0.3, -0.25) is 5.32 Å². The summed E-state index contributed by atoms with van der Waals surface area (Å²) in [6.07, 6.45) is 0.594. The van der Waals surface area contributed by atoms with E-state index < -0.39 is 23.5 Å². The van der Waals surface area contributed by atoms with Crippen molar-refractivity contribution in [1.29, 1.82) is 0 Å². The number of amides is 1. The van der Waals surface area contributed by atoms with Crippen LogP contribution in [-0.4, -0.2) is 24.8 Å². The molecular formula is C15H18FNO4. The zero-order valence-corrected chi connectivity index (χ0v) is 12.4. The zero-order chi connectivity index (χ0) is 16.0. The van der Waals surface area contributed by atoms with E-state index in [4.69, 9.17) is 4.74 Å². The van der Waals surface area contributed by atoms with Crippen LogP contribution < -0.4 is 5.32 Å². The van der Waals surface area contributed by atoms with Gasteiger partial charge in [0.05, 0.1) is 7.11 Å². The van der Waals surface area contributed by atoms with Gasteiger partial charge in [-0.2, -0.15) is 0 Å². The minimum Gasteiger partial charge on any atom is -0.464 e. The van der Waals surface area contributed by atoms with E-state index in [1.165, 1.54) is 37.5 Å². The predicted octanol–water partition coefficient (Wildman–Crippen LogP) is 2.86. The van der Waals surface area contributed by atoms with E-state index in [2.05, 4.69) is 10.1 Å².